The van der Waals surface area contributed by atoms with Gasteiger partial charge in [0, 0.05) is 10.3 Å². The normalized spacial score (nSPS) is 17.9. The van der Waals surface area contributed by atoms with E-state index in [0.29, 0.717) is 5.92 Å². The number of hydrogen-bond acceptors (Lipinski definition) is 5. The number of rotatable bonds is 4. The van der Waals surface area contributed by atoms with E-state index in [1.807, 2.05) is 6.07 Å². The van der Waals surface area contributed by atoms with Crippen LogP contribution in [0, 0.1) is 0 Å². The molecule has 5 nitrogen and oxygen atoms in total. The quantitative estimate of drug-likeness (QED) is 0.915. The van der Waals surface area contributed by atoms with Crippen LogP contribution >= 0.6 is 11.3 Å². The predicted molar refractivity (Wildman–Crippen MR) is 92.4 cm³/mol. The Bertz CT molecular complexity index is 902. The maximum atomic E-state index is 12.6. The molecule has 0 aliphatic heterocycles. The lowest BCUT2D eigenvalue weighted by Crippen LogP contribution is -2.20. The fraction of sp³-hybridized carbons (Fsp3) is 0.438. The van der Waals surface area contributed by atoms with Crippen LogP contribution in [0.4, 0.5) is 0 Å². The number of hydrogen-bond donors (Lipinski definition) is 1. The molecule has 0 saturated heterocycles. The largest absolute Gasteiger partial charge is 0.380 e. The SMILES string of the molecule is CCCC1CCCc2c1c(=O)sc1cc(OS(N)(=O)=O)ccc21. The molecule has 1 aliphatic rings. The van der Waals surface area contributed by atoms with Crippen molar-refractivity contribution in [3.8, 4) is 5.75 Å². The fourth-order valence-corrected chi connectivity index (χ4v) is 4.88. The lowest BCUT2D eigenvalue weighted by atomic mass is 9.81. The van der Waals surface area contributed by atoms with Crippen LogP contribution in [0.2, 0.25) is 0 Å². The van der Waals surface area contributed by atoms with E-state index in [1.54, 1.807) is 12.1 Å². The Kier molecular flexibility index (Phi) is 4.44. The summed E-state index contributed by atoms with van der Waals surface area (Å²) in [5.41, 5.74) is 2.09. The third-order valence-electron chi connectivity index (χ3n) is 4.26. The number of fused-ring (bicyclic) bond motifs is 3. The first-order valence-corrected chi connectivity index (χ1v) is 9.99. The van der Waals surface area contributed by atoms with E-state index < -0.39 is 10.3 Å². The molecule has 1 heterocycles. The van der Waals surface area contributed by atoms with Crippen molar-refractivity contribution in [3.05, 3.63) is 38.9 Å². The molecule has 0 fully saturated rings. The van der Waals surface area contributed by atoms with Crippen LogP contribution in [-0.4, -0.2) is 8.42 Å². The van der Waals surface area contributed by atoms with Gasteiger partial charge in [-0.2, -0.15) is 13.6 Å². The predicted octanol–water partition coefficient (Wildman–Crippen LogP) is 3.06. The molecule has 3 rings (SSSR count). The molecule has 2 aromatic rings. The molecule has 1 aliphatic carbocycles. The van der Waals surface area contributed by atoms with Crippen molar-refractivity contribution in [1.82, 2.24) is 0 Å². The molecule has 124 valence electrons. The van der Waals surface area contributed by atoms with Gasteiger partial charge < -0.3 is 4.18 Å². The van der Waals surface area contributed by atoms with E-state index >= 15 is 0 Å². The molecule has 1 unspecified atom stereocenters. The zero-order valence-corrected chi connectivity index (χ0v) is 14.5. The van der Waals surface area contributed by atoms with Crippen LogP contribution in [-0.2, 0) is 16.7 Å². The number of benzene rings is 1. The van der Waals surface area contributed by atoms with Crippen LogP contribution in [0.3, 0.4) is 0 Å². The summed E-state index contributed by atoms with van der Waals surface area (Å²) >= 11 is 1.15. The highest BCUT2D eigenvalue weighted by Crippen LogP contribution is 2.38. The van der Waals surface area contributed by atoms with Gasteiger partial charge in [-0.3, -0.25) is 4.79 Å². The zero-order chi connectivity index (χ0) is 16.6. The molecular weight excluding hydrogens is 334 g/mol. The maximum Gasteiger partial charge on any atom is 0.380 e. The van der Waals surface area contributed by atoms with E-state index in [9.17, 15) is 13.2 Å². The minimum Gasteiger partial charge on any atom is -0.371 e. The van der Waals surface area contributed by atoms with Crippen molar-refractivity contribution in [2.24, 2.45) is 5.14 Å². The van der Waals surface area contributed by atoms with Crippen LogP contribution in [0.5, 0.6) is 5.75 Å². The summed E-state index contributed by atoms with van der Waals surface area (Å²) < 4.78 is 27.6. The third-order valence-corrected chi connectivity index (χ3v) is 5.65. The molecule has 1 aromatic carbocycles. The van der Waals surface area contributed by atoms with Crippen molar-refractivity contribution in [3.63, 3.8) is 0 Å². The highest BCUT2D eigenvalue weighted by Gasteiger charge is 2.25. The first kappa shape index (κ1) is 16.4. The maximum absolute atomic E-state index is 12.6. The molecule has 7 heteroatoms. The second-order valence-electron chi connectivity index (χ2n) is 5.89. The second kappa shape index (κ2) is 6.22. The Labute approximate surface area is 139 Å². The lowest BCUT2D eigenvalue weighted by molar-refractivity contribution is 0.488. The van der Waals surface area contributed by atoms with Crippen molar-refractivity contribution in [2.45, 2.75) is 44.9 Å². The van der Waals surface area contributed by atoms with Crippen LogP contribution in [0.1, 0.15) is 49.7 Å². The Morgan fingerprint density at radius 3 is 2.87 bits per heavy atom. The molecule has 1 atom stereocenters. The monoisotopic (exact) mass is 353 g/mol. The summed E-state index contributed by atoms with van der Waals surface area (Å²) in [4.78, 5) is 12.6. The van der Waals surface area contributed by atoms with Gasteiger partial charge in [0.25, 0.3) is 0 Å². The highest BCUT2D eigenvalue weighted by molar-refractivity contribution is 7.84. The third kappa shape index (κ3) is 3.41. The number of aryl methyl sites for hydroxylation is 1. The Morgan fingerprint density at radius 1 is 1.39 bits per heavy atom. The summed E-state index contributed by atoms with van der Waals surface area (Å²) in [6, 6.07) is 5.00. The summed E-state index contributed by atoms with van der Waals surface area (Å²) in [6.45, 7) is 2.14. The summed E-state index contributed by atoms with van der Waals surface area (Å²) in [7, 11) is -4.06. The van der Waals surface area contributed by atoms with Crippen LogP contribution in [0.15, 0.2) is 23.0 Å². The van der Waals surface area contributed by atoms with Gasteiger partial charge in [0.1, 0.15) is 5.75 Å². The lowest BCUT2D eigenvalue weighted by Gasteiger charge is -2.25. The van der Waals surface area contributed by atoms with Crippen LogP contribution < -0.4 is 14.1 Å². The Hall–Kier alpha value is -1.44. The van der Waals surface area contributed by atoms with E-state index in [4.69, 9.17) is 9.32 Å². The minimum absolute atomic E-state index is 0.0819. The van der Waals surface area contributed by atoms with E-state index in [-0.39, 0.29) is 10.5 Å². The zero-order valence-electron chi connectivity index (χ0n) is 12.9. The smallest absolute Gasteiger partial charge is 0.371 e. The average Bonchev–Trinajstić information content (AvgIpc) is 2.45. The molecule has 0 spiro atoms. The molecule has 0 saturated carbocycles. The van der Waals surface area contributed by atoms with Gasteiger partial charge in [0.05, 0.1) is 0 Å². The fourth-order valence-electron chi connectivity index (χ4n) is 3.43. The minimum atomic E-state index is -4.06. The van der Waals surface area contributed by atoms with Gasteiger partial charge in [-0.05, 0) is 60.7 Å². The van der Waals surface area contributed by atoms with Crippen LogP contribution in [0.25, 0.3) is 10.1 Å². The van der Waals surface area contributed by atoms with Gasteiger partial charge in [-0.15, -0.1) is 0 Å². The molecule has 0 bridgehead atoms. The first-order valence-electron chi connectivity index (χ1n) is 7.71. The van der Waals surface area contributed by atoms with Gasteiger partial charge in [0.15, 0.2) is 0 Å². The molecule has 23 heavy (non-hydrogen) atoms. The van der Waals surface area contributed by atoms with Crippen molar-refractivity contribution in [2.75, 3.05) is 0 Å². The van der Waals surface area contributed by atoms with Crippen molar-refractivity contribution in [1.29, 1.82) is 0 Å². The Morgan fingerprint density at radius 2 is 2.17 bits per heavy atom. The van der Waals surface area contributed by atoms with E-state index in [0.717, 1.165) is 64.7 Å². The highest BCUT2D eigenvalue weighted by atomic mass is 32.2. The molecule has 0 amide bonds. The second-order valence-corrected chi connectivity index (χ2v) is 8.06. The summed E-state index contributed by atoms with van der Waals surface area (Å²) in [5, 5.41) is 5.92. The Balaban J connectivity index is 2.15. The number of nitrogens with two attached hydrogens (primary N) is 1. The van der Waals surface area contributed by atoms with Crippen molar-refractivity contribution >= 4 is 31.7 Å². The van der Waals surface area contributed by atoms with Gasteiger partial charge in [-0.1, -0.05) is 24.7 Å². The summed E-state index contributed by atoms with van der Waals surface area (Å²) in [5.74, 6) is 0.480. The van der Waals surface area contributed by atoms with Crippen molar-refractivity contribution < 1.29 is 12.6 Å². The van der Waals surface area contributed by atoms with Gasteiger partial charge >= 0.3 is 10.3 Å². The van der Waals surface area contributed by atoms with E-state index in [1.165, 1.54) is 0 Å². The molecule has 1 aromatic heterocycles. The standard InChI is InChI=1S/C16H19NO4S2/c1-2-4-10-5-3-6-13-12-8-7-11(21-23(17,19)20)9-14(12)22-16(18)15(10)13/h7-10H,2-6H2,1H3,(H2,17,19,20). The molecule has 0 radical (unpaired) electrons. The average molecular weight is 353 g/mol. The van der Waals surface area contributed by atoms with E-state index in [2.05, 4.69) is 6.92 Å². The summed E-state index contributed by atoms with van der Waals surface area (Å²) in [6.07, 6.45) is 5.14. The molecule has 2 N–H and O–H groups in total. The topological polar surface area (TPSA) is 86.5 Å². The first-order chi connectivity index (χ1) is 10.9. The van der Waals surface area contributed by atoms with Gasteiger partial charge in [0.2, 0.25) is 4.74 Å². The molecular formula is C16H19NO4S2. The van der Waals surface area contributed by atoms with Gasteiger partial charge in [-0.25, -0.2) is 0 Å².